The lowest BCUT2D eigenvalue weighted by Gasteiger charge is -2.27. The zero-order valence-corrected chi connectivity index (χ0v) is 21.3. The number of benzene rings is 1. The Morgan fingerprint density at radius 3 is 2.79 bits per heavy atom. The van der Waals surface area contributed by atoms with Crippen LogP contribution in [0.3, 0.4) is 0 Å². The van der Waals surface area contributed by atoms with E-state index in [0.717, 1.165) is 54.6 Å². The summed E-state index contributed by atoms with van der Waals surface area (Å²) < 4.78 is 7.63. The summed E-state index contributed by atoms with van der Waals surface area (Å²) in [4.78, 5) is 15.1. The summed E-state index contributed by atoms with van der Waals surface area (Å²) in [6, 6.07) is 8.31. The van der Waals surface area contributed by atoms with E-state index in [1.807, 2.05) is 29.2 Å². The number of hydrogen-bond acceptors (Lipinski definition) is 6. The van der Waals surface area contributed by atoms with Crippen LogP contribution in [0.4, 0.5) is 5.69 Å². The van der Waals surface area contributed by atoms with Gasteiger partial charge in [-0.05, 0) is 57.6 Å². The minimum Gasteiger partial charge on any atom is -0.497 e. The van der Waals surface area contributed by atoms with E-state index in [4.69, 9.17) is 4.74 Å². The zero-order valence-electron chi connectivity index (χ0n) is 20.5. The molecule has 0 spiro atoms. The van der Waals surface area contributed by atoms with E-state index >= 15 is 0 Å². The van der Waals surface area contributed by atoms with Crippen LogP contribution in [0.1, 0.15) is 76.6 Å². The summed E-state index contributed by atoms with van der Waals surface area (Å²) in [6.07, 6.45) is 12.7. The summed E-state index contributed by atoms with van der Waals surface area (Å²) in [5, 5.41) is 13.4. The zero-order chi connectivity index (χ0) is 23.8. The Labute approximate surface area is 207 Å². The summed E-state index contributed by atoms with van der Waals surface area (Å²) in [5.41, 5.74) is 2.18. The van der Waals surface area contributed by atoms with Gasteiger partial charge in [0.1, 0.15) is 5.75 Å². The van der Waals surface area contributed by atoms with E-state index in [0.29, 0.717) is 18.3 Å². The lowest BCUT2D eigenvalue weighted by atomic mass is 9.95. The fraction of sp³-hybridized carbons (Fsp3) is 0.577. The van der Waals surface area contributed by atoms with Gasteiger partial charge in [0, 0.05) is 30.0 Å². The van der Waals surface area contributed by atoms with Crippen molar-refractivity contribution in [1.29, 1.82) is 0 Å². The van der Waals surface area contributed by atoms with Gasteiger partial charge in [0.15, 0.2) is 11.0 Å². The second-order valence-electron chi connectivity index (χ2n) is 9.01. The molecule has 0 unspecified atom stereocenters. The topological polar surface area (TPSA) is 72.3 Å². The Balaban J connectivity index is 1.47. The number of methoxy groups -OCH3 is 1. The highest BCUT2D eigenvalue weighted by Gasteiger charge is 2.25. The van der Waals surface area contributed by atoms with Crippen LogP contribution in [0, 0.1) is 0 Å². The van der Waals surface area contributed by atoms with Crippen LogP contribution in [0.25, 0.3) is 0 Å². The molecule has 1 heterocycles. The minimum absolute atomic E-state index is 0.162. The lowest BCUT2D eigenvalue weighted by molar-refractivity contribution is -0.126. The highest BCUT2D eigenvalue weighted by atomic mass is 32.2. The third-order valence-electron chi connectivity index (χ3n) is 6.75. The summed E-state index contributed by atoms with van der Waals surface area (Å²) in [6.45, 7) is 3.36. The minimum atomic E-state index is 0.162. The molecule has 8 heteroatoms. The van der Waals surface area contributed by atoms with E-state index in [1.165, 1.54) is 49.6 Å². The summed E-state index contributed by atoms with van der Waals surface area (Å²) >= 11 is 1.53. The molecule has 1 amide bonds. The first-order valence-corrected chi connectivity index (χ1v) is 13.6. The number of carbonyl (C=O) groups is 1. The molecule has 1 aromatic heterocycles. The molecule has 0 atom stereocenters. The molecule has 0 bridgehead atoms. The Bertz CT molecular complexity index is 983. The van der Waals surface area contributed by atoms with Gasteiger partial charge in [0.25, 0.3) is 0 Å². The molecule has 7 nitrogen and oxygen atoms in total. The maximum absolute atomic E-state index is 13.1. The molecule has 0 aliphatic heterocycles. The molecule has 2 aliphatic carbocycles. The number of allylic oxidation sites excluding steroid dienone is 2. The number of aromatic nitrogens is 3. The first kappa shape index (κ1) is 24.6. The molecule has 1 aromatic carbocycles. The normalized spacial score (nSPS) is 16.7. The van der Waals surface area contributed by atoms with Crippen molar-refractivity contribution < 1.29 is 9.53 Å². The first-order valence-electron chi connectivity index (χ1n) is 12.6. The molecule has 1 fully saturated rings. The number of anilines is 1. The fourth-order valence-corrected chi connectivity index (χ4v) is 5.86. The molecule has 1 N–H and O–H groups in total. The number of nitrogens with one attached hydrogen (secondary N) is 1. The molecule has 34 heavy (non-hydrogen) atoms. The molecular weight excluding hydrogens is 446 g/mol. The van der Waals surface area contributed by atoms with E-state index in [2.05, 4.69) is 33.1 Å². The summed E-state index contributed by atoms with van der Waals surface area (Å²) in [5.74, 6) is 2.29. The fourth-order valence-electron chi connectivity index (χ4n) is 4.96. The molecule has 2 aliphatic rings. The van der Waals surface area contributed by atoms with Crippen LogP contribution >= 0.6 is 11.8 Å². The average molecular weight is 484 g/mol. The number of hydrogen-bond donors (Lipinski definition) is 1. The highest BCUT2D eigenvalue weighted by Crippen LogP contribution is 2.33. The lowest BCUT2D eigenvalue weighted by Crippen LogP contribution is -2.32. The summed E-state index contributed by atoms with van der Waals surface area (Å²) in [7, 11) is 1.67. The van der Waals surface area contributed by atoms with Crippen molar-refractivity contribution in [3.05, 3.63) is 41.9 Å². The molecule has 1 saturated carbocycles. The van der Waals surface area contributed by atoms with Crippen molar-refractivity contribution in [1.82, 2.24) is 19.7 Å². The van der Waals surface area contributed by atoms with Crippen LogP contribution in [0.5, 0.6) is 5.75 Å². The van der Waals surface area contributed by atoms with E-state index in [-0.39, 0.29) is 5.91 Å². The third kappa shape index (κ3) is 6.14. The van der Waals surface area contributed by atoms with Crippen molar-refractivity contribution >= 4 is 23.4 Å². The largest absolute Gasteiger partial charge is 0.497 e. The Hall–Kier alpha value is -2.48. The van der Waals surface area contributed by atoms with Gasteiger partial charge in [-0.3, -0.25) is 4.79 Å². The van der Waals surface area contributed by atoms with Crippen LogP contribution in [0.2, 0.25) is 0 Å². The first-order chi connectivity index (χ1) is 16.7. The van der Waals surface area contributed by atoms with E-state index < -0.39 is 0 Å². The molecular formula is C26H37N5O2S. The number of thioether (sulfide) groups is 1. The second-order valence-corrected chi connectivity index (χ2v) is 9.96. The quantitative estimate of drug-likeness (QED) is 0.431. The predicted octanol–water partition coefficient (Wildman–Crippen LogP) is 5.80. The van der Waals surface area contributed by atoms with Gasteiger partial charge < -0.3 is 19.5 Å². The van der Waals surface area contributed by atoms with Gasteiger partial charge in [-0.25, -0.2) is 0 Å². The highest BCUT2D eigenvalue weighted by molar-refractivity contribution is 7.99. The molecule has 4 rings (SSSR count). The predicted molar refractivity (Wildman–Crippen MR) is 137 cm³/mol. The maximum atomic E-state index is 13.1. The maximum Gasteiger partial charge on any atom is 0.237 e. The molecule has 184 valence electrons. The average Bonchev–Trinajstić information content (AvgIpc) is 3.30. The third-order valence-corrected chi connectivity index (χ3v) is 7.68. The van der Waals surface area contributed by atoms with Crippen molar-refractivity contribution in [2.24, 2.45) is 0 Å². The van der Waals surface area contributed by atoms with E-state index in [1.54, 1.807) is 7.11 Å². The molecule has 0 radical (unpaired) electrons. The van der Waals surface area contributed by atoms with Crippen LogP contribution in [0.15, 0.2) is 41.2 Å². The van der Waals surface area contributed by atoms with Crippen LogP contribution in [-0.4, -0.2) is 45.0 Å². The van der Waals surface area contributed by atoms with Gasteiger partial charge >= 0.3 is 0 Å². The second kappa shape index (κ2) is 12.3. The van der Waals surface area contributed by atoms with Crippen molar-refractivity contribution in [2.75, 3.05) is 24.7 Å². The molecule has 2 aromatic rings. The Kier molecular flexibility index (Phi) is 8.91. The number of nitrogens with zero attached hydrogens (tertiary/aromatic N) is 4. The van der Waals surface area contributed by atoms with Crippen molar-refractivity contribution in [3.63, 3.8) is 0 Å². The number of amides is 1. The number of rotatable bonds is 10. The number of carbonyl (C=O) groups excluding carboxylic acids is 1. The van der Waals surface area contributed by atoms with Gasteiger partial charge in [0.2, 0.25) is 5.91 Å². The van der Waals surface area contributed by atoms with Crippen molar-refractivity contribution in [2.45, 2.75) is 82.5 Å². The molecule has 0 saturated heterocycles. The van der Waals surface area contributed by atoms with Crippen molar-refractivity contribution in [3.8, 4) is 5.75 Å². The van der Waals surface area contributed by atoms with Crippen LogP contribution < -0.4 is 10.1 Å². The smallest absolute Gasteiger partial charge is 0.237 e. The van der Waals surface area contributed by atoms with Gasteiger partial charge in [-0.2, -0.15) is 0 Å². The SMILES string of the molecule is CCN(C(=O)CSc1nnc(CNc2cccc(OC)c2)n1C1CCCCC1)C1=CCCCC1. The monoisotopic (exact) mass is 483 g/mol. The Morgan fingerprint density at radius 2 is 2.06 bits per heavy atom. The standard InChI is InChI=1S/C26H37N5O2S/c1-3-30(21-12-6-4-7-13-21)25(32)19-34-26-29-28-24(31(26)22-14-8-5-9-15-22)18-27-20-11-10-16-23(17-20)33-2/h10-12,16-17,22,27H,3-9,13-15,18-19H2,1-2H3. The van der Waals surface area contributed by atoms with Gasteiger partial charge in [-0.1, -0.05) is 43.2 Å². The Morgan fingerprint density at radius 1 is 1.21 bits per heavy atom. The van der Waals surface area contributed by atoms with Gasteiger partial charge in [0.05, 0.1) is 19.4 Å². The van der Waals surface area contributed by atoms with E-state index in [9.17, 15) is 4.79 Å². The van der Waals surface area contributed by atoms with Gasteiger partial charge in [-0.15, -0.1) is 10.2 Å². The van der Waals surface area contributed by atoms with Crippen LogP contribution in [-0.2, 0) is 11.3 Å². The number of ether oxygens (including phenoxy) is 1.